The highest BCUT2D eigenvalue weighted by Crippen LogP contribution is 2.31. The van der Waals surface area contributed by atoms with Crippen LogP contribution in [-0.4, -0.2) is 93.4 Å². The molecule has 2 aliphatic heterocycles. The van der Waals surface area contributed by atoms with Gasteiger partial charge in [0.25, 0.3) is 17.7 Å². The predicted octanol–water partition coefficient (Wildman–Crippen LogP) is 2.33. The zero-order chi connectivity index (χ0) is 37.0. The van der Waals surface area contributed by atoms with Crippen molar-refractivity contribution in [2.45, 2.75) is 106 Å². The van der Waals surface area contributed by atoms with Crippen molar-refractivity contribution in [2.24, 2.45) is 22.5 Å². The van der Waals surface area contributed by atoms with Crippen molar-refractivity contribution in [3.8, 4) is 0 Å². The van der Waals surface area contributed by atoms with E-state index in [-0.39, 0.29) is 43.0 Å². The fourth-order valence-corrected chi connectivity index (χ4v) is 6.11. The Bertz CT molecular complexity index is 1490. The van der Waals surface area contributed by atoms with Gasteiger partial charge in [0.15, 0.2) is 0 Å². The minimum absolute atomic E-state index is 0.112. The molecule has 5 N–H and O–H groups in total. The molecule has 5 atom stereocenters. The van der Waals surface area contributed by atoms with Crippen LogP contribution in [0.3, 0.4) is 0 Å². The van der Waals surface area contributed by atoms with Crippen molar-refractivity contribution in [3.63, 3.8) is 0 Å². The summed E-state index contributed by atoms with van der Waals surface area (Å²) in [5.74, 6) is -4.32. The molecule has 7 amide bonds. The number of nitrogens with two attached hydrogens (primary N) is 1. The van der Waals surface area contributed by atoms with E-state index in [2.05, 4.69) is 20.9 Å². The maximum Gasteiger partial charge on any atom is 0.315 e. The van der Waals surface area contributed by atoms with Gasteiger partial charge in [0, 0.05) is 18.9 Å². The summed E-state index contributed by atoms with van der Waals surface area (Å²) in [6.45, 7) is 16.6. The standard InChI is InChI=1S/C35H51N7O7/c1-10-11-23(26(43)28(36)44)38-29(45)24-15-20(14-19(2)3)17-41(24)32(48)27(35(7,8)9)40-33(49)39-25(34(4,5)6)18-42-30(46)21-12-13-37-16-22(21)31(42)47/h12-14,16,20,23-25,27H,10-11,15,17-18H2,1-9H3,(H2,36,44)(H,38,45)(H2,39,40,49)/t20-,23?,24+,25-,27-/m1/s1. The third kappa shape index (κ3) is 9.30. The quantitative estimate of drug-likeness (QED) is 0.146. The minimum atomic E-state index is -1.16. The number of nitrogens with zero attached hydrogens (tertiary/aromatic N) is 3. The van der Waals surface area contributed by atoms with Crippen LogP contribution in [0, 0.1) is 16.7 Å². The van der Waals surface area contributed by atoms with Crippen LogP contribution in [0.5, 0.6) is 0 Å². The highest BCUT2D eigenvalue weighted by atomic mass is 16.2. The van der Waals surface area contributed by atoms with Gasteiger partial charge in [-0.1, -0.05) is 66.5 Å². The van der Waals surface area contributed by atoms with Crippen LogP contribution in [0.4, 0.5) is 4.79 Å². The number of ketones is 1. The first-order valence-electron chi connectivity index (χ1n) is 16.6. The van der Waals surface area contributed by atoms with Gasteiger partial charge in [0.1, 0.15) is 12.1 Å². The molecule has 2 aliphatic rings. The van der Waals surface area contributed by atoms with Crippen molar-refractivity contribution < 1.29 is 33.6 Å². The third-order valence-electron chi connectivity index (χ3n) is 8.82. The van der Waals surface area contributed by atoms with Gasteiger partial charge >= 0.3 is 6.03 Å². The summed E-state index contributed by atoms with van der Waals surface area (Å²) < 4.78 is 0. The summed E-state index contributed by atoms with van der Waals surface area (Å²) in [5.41, 5.74) is 5.23. The number of allylic oxidation sites excluding steroid dienone is 1. The molecule has 0 aromatic carbocycles. The topological polar surface area (TPSA) is 201 Å². The zero-order valence-electron chi connectivity index (χ0n) is 30.0. The van der Waals surface area contributed by atoms with Gasteiger partial charge in [-0.05, 0) is 49.5 Å². The Morgan fingerprint density at radius 1 is 0.980 bits per heavy atom. The normalized spacial score (nSPS) is 19.4. The van der Waals surface area contributed by atoms with Crippen LogP contribution >= 0.6 is 0 Å². The number of aromatic nitrogens is 1. The average molecular weight is 682 g/mol. The van der Waals surface area contributed by atoms with Crippen LogP contribution in [0.25, 0.3) is 0 Å². The fraction of sp³-hybridized carbons (Fsp3) is 0.600. The molecule has 14 nitrogen and oxygen atoms in total. The number of carbonyl (C=O) groups excluding carboxylic acids is 7. The van der Waals surface area contributed by atoms with E-state index in [1.165, 1.54) is 23.4 Å². The smallest absolute Gasteiger partial charge is 0.315 e. The van der Waals surface area contributed by atoms with E-state index in [0.29, 0.717) is 6.42 Å². The van der Waals surface area contributed by atoms with E-state index in [9.17, 15) is 33.6 Å². The number of amides is 7. The predicted molar refractivity (Wildman–Crippen MR) is 182 cm³/mol. The van der Waals surface area contributed by atoms with E-state index < -0.39 is 76.3 Å². The zero-order valence-corrected chi connectivity index (χ0v) is 30.0. The highest BCUT2D eigenvalue weighted by molar-refractivity contribution is 6.37. The van der Waals surface area contributed by atoms with Gasteiger partial charge in [-0.15, -0.1) is 0 Å². The van der Waals surface area contributed by atoms with Crippen molar-refractivity contribution in [1.29, 1.82) is 0 Å². The molecule has 0 saturated carbocycles. The summed E-state index contributed by atoms with van der Waals surface area (Å²) in [5, 5.41) is 8.33. The lowest BCUT2D eigenvalue weighted by molar-refractivity contribution is -0.143. The maximum absolute atomic E-state index is 14.3. The number of fused-ring (bicyclic) bond motifs is 1. The molecule has 14 heteroatoms. The molecule has 1 unspecified atom stereocenters. The third-order valence-corrected chi connectivity index (χ3v) is 8.82. The first kappa shape index (κ1) is 38.8. The number of primary amides is 1. The van der Waals surface area contributed by atoms with E-state index >= 15 is 0 Å². The van der Waals surface area contributed by atoms with Crippen LogP contribution in [0.2, 0.25) is 0 Å². The molecule has 0 radical (unpaired) electrons. The summed E-state index contributed by atoms with van der Waals surface area (Å²) in [6.07, 6.45) is 5.73. The first-order chi connectivity index (χ1) is 22.7. The SMILES string of the molecule is CCCC(NC(=O)[C@@H]1C[C@@H](C=C(C)C)CN1C(=O)[C@@H](NC(=O)N[C@H](CN1C(=O)c2ccncc2C1=O)C(C)(C)C)C(C)(C)C)C(=O)C(N)=O. The summed E-state index contributed by atoms with van der Waals surface area (Å²) in [6, 6.07) is -3.11. The summed E-state index contributed by atoms with van der Waals surface area (Å²) in [4.78, 5) is 98.3. The number of urea groups is 1. The van der Waals surface area contributed by atoms with Crippen LogP contribution in [0.15, 0.2) is 30.1 Å². The molecule has 49 heavy (non-hydrogen) atoms. The summed E-state index contributed by atoms with van der Waals surface area (Å²) in [7, 11) is 0. The number of likely N-dealkylation sites (tertiary alicyclic amines) is 1. The lowest BCUT2D eigenvalue weighted by atomic mass is 9.85. The van der Waals surface area contributed by atoms with Crippen molar-refractivity contribution in [2.75, 3.05) is 13.1 Å². The molecule has 268 valence electrons. The van der Waals surface area contributed by atoms with Crippen LogP contribution in [0.1, 0.15) is 102 Å². The molecule has 1 fully saturated rings. The maximum atomic E-state index is 14.3. The van der Waals surface area contributed by atoms with Crippen LogP contribution in [-0.2, 0) is 19.2 Å². The Hall–Kier alpha value is -4.62. The Labute approximate surface area is 288 Å². The molecule has 0 aliphatic carbocycles. The number of Topliss-reactive ketones (excluding diaryl/α,β-unsaturated/α-hetero) is 1. The molecular formula is C35H51N7O7. The van der Waals surface area contributed by atoms with Gasteiger partial charge in [0.2, 0.25) is 17.6 Å². The molecule has 1 aromatic rings. The molecule has 1 aromatic heterocycles. The molecule has 0 bridgehead atoms. The van der Waals surface area contributed by atoms with Crippen LogP contribution < -0.4 is 21.7 Å². The Balaban J connectivity index is 1.85. The molecule has 3 heterocycles. The van der Waals surface area contributed by atoms with Crippen molar-refractivity contribution >= 4 is 41.4 Å². The molecule has 3 rings (SSSR count). The largest absolute Gasteiger partial charge is 0.363 e. The second kappa shape index (κ2) is 15.3. The number of hydrogen-bond acceptors (Lipinski definition) is 8. The Morgan fingerprint density at radius 2 is 1.61 bits per heavy atom. The van der Waals surface area contributed by atoms with Gasteiger partial charge in [-0.25, -0.2) is 4.79 Å². The number of nitrogens with one attached hydrogen (secondary N) is 3. The van der Waals surface area contributed by atoms with Gasteiger partial charge < -0.3 is 26.6 Å². The number of carbonyl (C=O) groups is 7. The van der Waals surface area contributed by atoms with Crippen molar-refractivity contribution in [3.05, 3.63) is 41.2 Å². The second-order valence-electron chi connectivity index (χ2n) is 15.3. The number of pyridine rings is 1. The van der Waals surface area contributed by atoms with Gasteiger partial charge in [-0.3, -0.25) is 38.7 Å². The van der Waals surface area contributed by atoms with Gasteiger partial charge in [0.05, 0.1) is 29.8 Å². The molecule has 0 spiro atoms. The fourth-order valence-electron chi connectivity index (χ4n) is 6.11. The lowest BCUT2D eigenvalue weighted by Gasteiger charge is -2.37. The highest BCUT2D eigenvalue weighted by Gasteiger charge is 2.46. The van der Waals surface area contributed by atoms with E-state index in [4.69, 9.17) is 5.73 Å². The lowest BCUT2D eigenvalue weighted by Crippen LogP contribution is -2.62. The average Bonchev–Trinajstić information content (AvgIpc) is 3.52. The first-order valence-corrected chi connectivity index (χ1v) is 16.6. The number of rotatable bonds is 12. The second-order valence-corrected chi connectivity index (χ2v) is 15.3. The monoisotopic (exact) mass is 681 g/mol. The molecule has 1 saturated heterocycles. The summed E-state index contributed by atoms with van der Waals surface area (Å²) >= 11 is 0. The van der Waals surface area contributed by atoms with Crippen molar-refractivity contribution in [1.82, 2.24) is 30.7 Å². The Kier molecular flexibility index (Phi) is 12.1. The van der Waals surface area contributed by atoms with Gasteiger partial charge in [-0.2, -0.15) is 0 Å². The number of imide groups is 1. The number of hydrogen-bond donors (Lipinski definition) is 4. The van der Waals surface area contributed by atoms with E-state index in [1.54, 1.807) is 27.7 Å². The molecular weight excluding hydrogens is 630 g/mol. The van der Waals surface area contributed by atoms with E-state index in [1.807, 2.05) is 40.7 Å². The van der Waals surface area contributed by atoms with E-state index in [0.717, 1.165) is 10.5 Å². The minimum Gasteiger partial charge on any atom is -0.363 e. The Morgan fingerprint density at radius 3 is 2.14 bits per heavy atom.